The molecule has 6 aromatic carbocycles. The van der Waals surface area contributed by atoms with Gasteiger partial charge in [0.15, 0.2) is 0 Å². The Morgan fingerprint density at radius 1 is 0.466 bits per heavy atom. The molecule has 0 saturated heterocycles. The molecule has 0 saturated carbocycles. The van der Waals surface area contributed by atoms with Gasteiger partial charge in [-0.2, -0.15) is 15.0 Å². The van der Waals surface area contributed by atoms with Crippen LogP contribution in [-0.2, 0) is 14.1 Å². The zero-order chi connectivity index (χ0) is 93.0. The topological polar surface area (TPSA) is 381 Å². The first-order valence-electron chi connectivity index (χ1n) is 42.5. The third kappa shape index (κ3) is 23.2. The number of para-hydroxylation sites is 3. The van der Waals surface area contributed by atoms with Gasteiger partial charge in [0.2, 0.25) is 29.0 Å². The summed E-state index contributed by atoms with van der Waals surface area (Å²) in [4.78, 5) is 103. The van der Waals surface area contributed by atoms with E-state index >= 15 is 0 Å². The van der Waals surface area contributed by atoms with Gasteiger partial charge < -0.3 is 52.3 Å². The molecule has 11 heterocycles. The van der Waals surface area contributed by atoms with E-state index in [1.54, 1.807) is 104 Å². The predicted octanol–water partition coefficient (Wildman–Crippen LogP) is 18.6. The number of nitrogen functional groups attached to an aromatic ring is 3. The van der Waals surface area contributed by atoms with Gasteiger partial charge in [0, 0.05) is 103 Å². The zero-order valence-corrected chi connectivity index (χ0v) is 81.6. The van der Waals surface area contributed by atoms with Crippen LogP contribution in [0.15, 0.2) is 282 Å². The number of pyridine rings is 5. The van der Waals surface area contributed by atoms with Crippen molar-refractivity contribution in [1.82, 2.24) is 67.7 Å². The SMILES string of the molecule is CCC[CH2][Sn]([CH2]CCC)([CH2]CCC)[c]1cncs1.C[C@H](Nc1nc(N)ncc1-c1cncs1)c1cc2cccc(-c3ccc(=O)n(C)c3)c2c(=O)n1-c1ccccc1.C[C@H](Nc1nc(N)ncc1-c1cscn1)c1cc2cccc(Cl)c2c(=O)n1-c1ccccc1.C[C@H](Nc1nc(N)ncc1Br)c1cc2cccc(Cl)c2c(=O)n1-c1ccccc1.Cn1cc(B(O)O)ccc1=O. The number of aryl methyl sites for hydroxylation is 2. The van der Waals surface area contributed by atoms with Crippen molar-refractivity contribution in [2.45, 2.75) is 112 Å². The summed E-state index contributed by atoms with van der Waals surface area (Å²) in [6, 6.07) is 56.1. The van der Waals surface area contributed by atoms with Gasteiger partial charge in [-0.1, -0.05) is 126 Å². The van der Waals surface area contributed by atoms with Crippen molar-refractivity contribution in [3.8, 4) is 49.9 Å². The molecular formula is C96H98BBrCl2N20O7S3Sn. The van der Waals surface area contributed by atoms with Crippen LogP contribution in [0, 0.1) is 0 Å². The number of hydrogen-bond acceptors (Lipinski definition) is 25. The van der Waals surface area contributed by atoms with Crippen molar-refractivity contribution in [1.29, 1.82) is 0 Å². The molecule has 0 unspecified atom stereocenters. The molecule has 11 aromatic heterocycles. The minimum absolute atomic E-state index is 0.115. The van der Waals surface area contributed by atoms with Crippen molar-refractivity contribution in [2.24, 2.45) is 14.1 Å². The molecule has 35 heteroatoms. The number of halogens is 3. The fraction of sp³-hybridized carbons (Fsp3) is 0.208. The maximum absolute atomic E-state index is 14.4. The summed E-state index contributed by atoms with van der Waals surface area (Å²) in [7, 11) is 1.74. The number of thiazole rings is 3. The average molecular weight is 2020 g/mol. The van der Waals surface area contributed by atoms with Gasteiger partial charge in [0.25, 0.3) is 16.7 Å². The standard InChI is InChI=1S/C30H25N7O2S.C24H19ClN6OS.C21H17BrClN5O.C6H8BNO3.3C4H9.C3H2NS.Sn/c1-18(34-28-23(14-33-30(31)35-28)25-15-32-17-40-25)24-13-19-7-6-10-22(20-11-12-26(38)36(2)16-20)27(19)29(39)37(24)21-8-4-3-5-9-21;1-14(29-22-17(11-27-24(26)30-22)19-12-33-13-28-19)20-10-15-6-5-9-18(25)21(15)23(32)31(20)16-7-3-2-4-8-16;1-12(26-19-15(22)11-25-21(24)27-19)17-10-13-6-5-9-16(23)18(13)20(29)28(17)14-7-3-2-4-8-14;1-8-4-5(7(10)11)2-3-6(8)9;3*1-3-4-2;1-2-5-3-4-1;/h3-18H,1-2H3,(H3,31,33,34,35);2-14H,1H3,(H3,26,27,29,30);2-12H,1H3,(H3,24,25,26,27);2-4,10-11H,1H3;3*1,3-4H2,2H3;1,3H;/t18-;14-;12-;;;;;;/m000....../s1. The Kier molecular flexibility index (Phi) is 33.0. The number of nitrogens with two attached hydrogens (primary N) is 3. The third-order valence-corrected chi connectivity index (χ3v) is 43.8. The van der Waals surface area contributed by atoms with Crippen LogP contribution in [0.1, 0.15) is 115 Å². The quantitative estimate of drug-likeness (QED) is 0.0233. The molecule has 0 bridgehead atoms. The smallest absolute Gasteiger partial charge is 0.423 e. The molecule has 17 aromatic rings. The minimum atomic E-state index is -2.08. The van der Waals surface area contributed by atoms with E-state index in [0.29, 0.717) is 53.6 Å². The van der Waals surface area contributed by atoms with Crippen LogP contribution in [0.3, 0.4) is 0 Å². The van der Waals surface area contributed by atoms with Crippen molar-refractivity contribution < 1.29 is 10.0 Å². The van der Waals surface area contributed by atoms with Gasteiger partial charge in [-0.3, -0.25) is 42.7 Å². The van der Waals surface area contributed by atoms with Gasteiger partial charge >= 0.3 is 129 Å². The number of anilines is 6. The van der Waals surface area contributed by atoms with Gasteiger partial charge in [0.05, 0.1) is 81.5 Å². The van der Waals surface area contributed by atoms with E-state index in [1.165, 1.54) is 94.7 Å². The Hall–Kier alpha value is -12.4. The first-order valence-corrected chi connectivity index (χ1v) is 54.2. The summed E-state index contributed by atoms with van der Waals surface area (Å²) in [6.45, 7) is 12.9. The molecule has 0 radical (unpaired) electrons. The number of unbranched alkanes of at least 4 members (excludes halogenated alkanes) is 3. The van der Waals surface area contributed by atoms with E-state index < -0.39 is 25.5 Å². The second kappa shape index (κ2) is 45.0. The number of aromatic nitrogens is 14. The van der Waals surface area contributed by atoms with E-state index in [0.717, 1.165) is 83.1 Å². The largest absolute Gasteiger partial charge is 0.489 e. The maximum atomic E-state index is 14.4. The van der Waals surface area contributed by atoms with E-state index in [9.17, 15) is 24.0 Å². The van der Waals surface area contributed by atoms with Gasteiger partial charge in [0.1, 0.15) is 17.5 Å². The molecule has 0 aliphatic carbocycles. The predicted molar refractivity (Wildman–Crippen MR) is 543 cm³/mol. The maximum Gasteiger partial charge on any atom is 0.489 e. The van der Waals surface area contributed by atoms with Crippen LogP contribution in [0.25, 0.3) is 82.2 Å². The molecule has 11 N–H and O–H groups in total. The first kappa shape index (κ1) is 96.2. The monoisotopic (exact) mass is 2020 g/mol. The summed E-state index contributed by atoms with van der Waals surface area (Å²) < 4.78 is 15.0. The molecule has 27 nitrogen and oxygen atoms in total. The Labute approximate surface area is 791 Å². The molecule has 0 aliphatic rings. The van der Waals surface area contributed by atoms with Crippen LogP contribution in [0.4, 0.5) is 35.3 Å². The second-order valence-electron chi connectivity index (χ2n) is 31.2. The molecule has 0 aliphatic heterocycles. The second-order valence-corrected chi connectivity index (χ2v) is 49.5. The Balaban J connectivity index is 0.000000147. The normalized spacial score (nSPS) is 11.8. The summed E-state index contributed by atoms with van der Waals surface area (Å²) in [5.74, 6) is 2.09. The van der Waals surface area contributed by atoms with Crippen molar-refractivity contribution >= 4 is 175 Å². The molecule has 3 atom stereocenters. The van der Waals surface area contributed by atoms with Crippen LogP contribution in [0.2, 0.25) is 23.4 Å². The Morgan fingerprint density at radius 3 is 1.34 bits per heavy atom. The molecule has 0 amide bonds. The van der Waals surface area contributed by atoms with E-state index in [2.05, 4.69) is 109 Å². The van der Waals surface area contributed by atoms with E-state index in [-0.39, 0.29) is 63.8 Å². The number of hydrogen-bond donors (Lipinski definition) is 8. The number of rotatable bonds is 26. The summed E-state index contributed by atoms with van der Waals surface area (Å²) >= 11 is 19.0. The molecule has 131 heavy (non-hydrogen) atoms. The average Bonchev–Trinajstić information content (AvgIpc) is 1.45. The molecule has 17 rings (SSSR count). The number of nitrogens with zero attached hydrogens (tertiary/aromatic N) is 14. The van der Waals surface area contributed by atoms with Gasteiger partial charge in [-0.25, -0.2) is 19.9 Å². The summed E-state index contributed by atoms with van der Waals surface area (Å²) in [5.41, 5.74) is 30.9. The fourth-order valence-electron chi connectivity index (χ4n) is 15.5. The summed E-state index contributed by atoms with van der Waals surface area (Å²) in [6.07, 6.45) is 20.4. The first-order chi connectivity index (χ1) is 63.3. The van der Waals surface area contributed by atoms with Crippen LogP contribution in [-0.4, -0.2) is 103 Å². The minimum Gasteiger partial charge on any atom is -0.423 e. The van der Waals surface area contributed by atoms with Crippen LogP contribution >= 0.6 is 73.1 Å². The van der Waals surface area contributed by atoms with Crippen molar-refractivity contribution in [3.63, 3.8) is 0 Å². The van der Waals surface area contributed by atoms with Gasteiger partial charge in [-0.15, -0.1) is 22.7 Å². The number of fused-ring (bicyclic) bond motifs is 3. The Bertz CT molecular complexity index is 7090. The van der Waals surface area contributed by atoms with E-state index in [4.69, 9.17) is 50.5 Å². The van der Waals surface area contributed by atoms with Gasteiger partial charge in [-0.05, 0) is 142 Å². The van der Waals surface area contributed by atoms with Crippen LogP contribution in [0.5, 0.6) is 0 Å². The van der Waals surface area contributed by atoms with Crippen molar-refractivity contribution in [3.05, 3.63) is 337 Å². The fourth-order valence-corrected chi connectivity index (χ4v) is 36.8. The Morgan fingerprint density at radius 2 is 0.893 bits per heavy atom. The molecular weight excluding hydrogens is 1920 g/mol. The van der Waals surface area contributed by atoms with Crippen LogP contribution < -0.4 is 69.3 Å². The third-order valence-electron chi connectivity index (χ3n) is 22.1. The zero-order valence-electron chi connectivity index (χ0n) is 73.2. The summed E-state index contributed by atoms with van der Waals surface area (Å²) in [5, 5.41) is 34.2. The molecule has 0 fully saturated rings. The molecule has 0 spiro atoms. The van der Waals surface area contributed by atoms with Crippen molar-refractivity contribution in [2.75, 3.05) is 33.2 Å². The number of nitrogens with one attached hydrogen (secondary N) is 3. The number of benzene rings is 6. The molecule has 670 valence electrons. The van der Waals surface area contributed by atoms with E-state index in [1.807, 2.05) is 189 Å².